The van der Waals surface area contributed by atoms with Gasteiger partial charge in [0.2, 0.25) is 29.5 Å². The number of nitrogens with two attached hydrogens (primary N) is 1. The third-order valence-electron chi connectivity index (χ3n) is 16.0. The van der Waals surface area contributed by atoms with Crippen LogP contribution >= 0.6 is 23.2 Å². The zero-order valence-corrected chi connectivity index (χ0v) is 52.1. The van der Waals surface area contributed by atoms with Crippen LogP contribution in [0.25, 0.3) is 27.9 Å². The first-order chi connectivity index (χ1) is 42.5. The predicted molar refractivity (Wildman–Crippen MR) is 336 cm³/mol. The monoisotopic (exact) mass is 1250 g/mol. The number of β-amino-alcohol motifs (C(OH)–C–C–N with tert-alkyl or cyclic N) is 1. The van der Waals surface area contributed by atoms with E-state index in [-0.39, 0.29) is 68.1 Å². The maximum absolute atomic E-state index is 13.8. The first-order valence-electron chi connectivity index (χ1n) is 30.2. The number of piperidine rings is 1. The number of amides is 5. The summed E-state index contributed by atoms with van der Waals surface area (Å²) in [4.78, 5) is 77.1. The molecule has 0 saturated carbocycles. The molecule has 0 aliphatic carbocycles. The predicted octanol–water partition coefficient (Wildman–Crippen LogP) is 5.00. The smallest absolute Gasteiger partial charge is 0.248 e. The van der Waals surface area contributed by atoms with Crippen molar-refractivity contribution in [1.82, 2.24) is 50.4 Å². The van der Waals surface area contributed by atoms with Crippen LogP contribution < -0.4 is 21.8 Å². The molecule has 0 radical (unpaired) electrons. The maximum atomic E-state index is 13.8. The van der Waals surface area contributed by atoms with Crippen molar-refractivity contribution in [3.63, 3.8) is 0 Å². The minimum atomic E-state index is -1.14. The number of benzene rings is 3. The Morgan fingerprint density at radius 1 is 0.852 bits per heavy atom. The number of aliphatic imine (C=N–C) groups is 1. The van der Waals surface area contributed by atoms with E-state index in [4.69, 9.17) is 58.1 Å². The highest BCUT2D eigenvalue weighted by Crippen LogP contribution is 2.42. The molecule has 3 aliphatic rings. The van der Waals surface area contributed by atoms with Crippen molar-refractivity contribution in [3.05, 3.63) is 117 Å². The van der Waals surface area contributed by atoms with Crippen LogP contribution in [0.4, 0.5) is 0 Å². The number of likely N-dealkylation sites (tertiary alicyclic amines) is 1. The zero-order valence-electron chi connectivity index (χ0n) is 50.6. The van der Waals surface area contributed by atoms with Gasteiger partial charge < -0.3 is 64.9 Å². The molecule has 476 valence electrons. The zero-order chi connectivity index (χ0) is 62.6. The molecule has 1 saturated heterocycles. The van der Waals surface area contributed by atoms with Crippen molar-refractivity contribution in [2.45, 2.75) is 89.9 Å². The molecule has 25 heteroatoms. The van der Waals surface area contributed by atoms with E-state index in [0.717, 1.165) is 45.3 Å². The normalized spacial score (nSPS) is 16.7. The summed E-state index contributed by atoms with van der Waals surface area (Å²) in [6.45, 7) is 10.3. The number of aromatic amines is 1. The first kappa shape index (κ1) is 67.2. The molecule has 2 atom stereocenters. The van der Waals surface area contributed by atoms with Gasteiger partial charge in [0.1, 0.15) is 6.61 Å². The second kappa shape index (κ2) is 33.2. The van der Waals surface area contributed by atoms with Gasteiger partial charge in [0.25, 0.3) is 0 Å². The maximum Gasteiger partial charge on any atom is 0.248 e. The van der Waals surface area contributed by atoms with Gasteiger partial charge in [-0.2, -0.15) is 5.10 Å². The highest BCUT2D eigenvalue weighted by molar-refractivity contribution is 6.45. The van der Waals surface area contributed by atoms with Crippen molar-refractivity contribution in [1.29, 1.82) is 0 Å². The molecule has 8 rings (SSSR count). The molecule has 1 fully saturated rings. The average molecular weight is 1260 g/mol. The van der Waals surface area contributed by atoms with Gasteiger partial charge in [-0.3, -0.25) is 33.6 Å². The van der Waals surface area contributed by atoms with E-state index in [0.29, 0.717) is 157 Å². The van der Waals surface area contributed by atoms with E-state index < -0.39 is 18.1 Å². The Balaban J connectivity index is 0.608. The molecule has 5 amide bonds. The number of aliphatic hydroxyl groups is 2. The molecule has 0 bridgehead atoms. The van der Waals surface area contributed by atoms with Crippen LogP contribution in [-0.4, -0.2) is 198 Å². The topological polar surface area (TPSA) is 284 Å². The van der Waals surface area contributed by atoms with Crippen LogP contribution in [0.15, 0.2) is 83.6 Å². The number of hydrogen-bond donors (Lipinski definition) is 7. The first-order valence-corrected chi connectivity index (χ1v) is 31.0. The summed E-state index contributed by atoms with van der Waals surface area (Å²) >= 11 is 13.2. The number of H-pyrrole nitrogens is 1. The number of rotatable bonds is 33. The second-order valence-corrected chi connectivity index (χ2v) is 23.3. The molecular formula is C63H84Cl2N12O11. The molecule has 1 unspecified atom stereocenters. The number of halogens is 2. The van der Waals surface area contributed by atoms with E-state index in [1.165, 1.54) is 16.2 Å². The van der Waals surface area contributed by atoms with Gasteiger partial charge in [-0.1, -0.05) is 84.7 Å². The Hall–Kier alpha value is -6.77. The molecule has 88 heavy (non-hydrogen) atoms. The lowest BCUT2D eigenvalue weighted by Gasteiger charge is -2.41. The highest BCUT2D eigenvalue weighted by Gasteiger charge is 2.40. The van der Waals surface area contributed by atoms with Crippen molar-refractivity contribution in [2.24, 2.45) is 16.8 Å². The van der Waals surface area contributed by atoms with Gasteiger partial charge in [0.15, 0.2) is 0 Å². The van der Waals surface area contributed by atoms with Gasteiger partial charge in [0.05, 0.1) is 116 Å². The molecule has 3 aliphatic heterocycles. The van der Waals surface area contributed by atoms with Crippen molar-refractivity contribution in [3.8, 4) is 11.3 Å². The number of fused-ring (bicyclic) bond motifs is 3. The average Bonchev–Trinajstić information content (AvgIpc) is 1.68. The number of hydrazine groups is 1. The lowest BCUT2D eigenvalue weighted by Crippen LogP contribution is -2.54. The van der Waals surface area contributed by atoms with Gasteiger partial charge in [-0.25, -0.2) is 10.8 Å². The largest absolute Gasteiger partial charge is 0.388 e. The Morgan fingerprint density at radius 2 is 1.50 bits per heavy atom. The van der Waals surface area contributed by atoms with Gasteiger partial charge in [-0.05, 0) is 61.9 Å². The Labute approximate surface area is 523 Å². The minimum absolute atomic E-state index is 0.0644. The van der Waals surface area contributed by atoms with Crippen LogP contribution in [-0.2, 0) is 69.0 Å². The molecule has 3 aromatic carbocycles. The summed E-state index contributed by atoms with van der Waals surface area (Å²) < 4.78 is 24.0. The van der Waals surface area contributed by atoms with E-state index in [1.54, 1.807) is 29.6 Å². The van der Waals surface area contributed by atoms with E-state index in [1.807, 2.05) is 78.7 Å². The number of aliphatic hydroxyl groups excluding tert-OH is 1. The van der Waals surface area contributed by atoms with Gasteiger partial charge >= 0.3 is 0 Å². The Kier molecular flexibility index (Phi) is 25.3. The third kappa shape index (κ3) is 18.7. The van der Waals surface area contributed by atoms with Gasteiger partial charge in [-0.15, -0.1) is 0 Å². The summed E-state index contributed by atoms with van der Waals surface area (Å²) in [6.07, 6.45) is 6.20. The van der Waals surface area contributed by atoms with E-state index >= 15 is 0 Å². The number of nitrogens with zero attached hydrogens (tertiary/aromatic N) is 7. The molecule has 8 N–H and O–H groups in total. The second-order valence-electron chi connectivity index (χ2n) is 22.5. The lowest BCUT2D eigenvalue weighted by molar-refractivity contribution is -0.140. The van der Waals surface area contributed by atoms with Crippen molar-refractivity contribution in [2.75, 3.05) is 112 Å². The molecule has 23 nitrogen and oxygen atoms in total. The number of nitrogens with one attached hydrogen (secondary N) is 4. The van der Waals surface area contributed by atoms with Crippen LogP contribution in [0, 0.1) is 5.92 Å². The summed E-state index contributed by atoms with van der Waals surface area (Å²) in [5.74, 6) is 5.13. The highest BCUT2D eigenvalue weighted by atomic mass is 35.5. The van der Waals surface area contributed by atoms with E-state index in [9.17, 15) is 34.2 Å². The van der Waals surface area contributed by atoms with Crippen molar-refractivity contribution < 1.29 is 53.1 Å². The molecule has 5 aromatic rings. The number of aromatic nitrogens is 3. The van der Waals surface area contributed by atoms with Crippen LogP contribution in [0.2, 0.25) is 10.0 Å². The minimum Gasteiger partial charge on any atom is -0.388 e. The Morgan fingerprint density at radius 3 is 2.15 bits per heavy atom. The van der Waals surface area contributed by atoms with E-state index in [2.05, 4.69) is 20.9 Å². The quantitative estimate of drug-likeness (QED) is 0.0165. The SMILES string of the molecule is CC1C(=O)N(CC2(O)CCN(C(=O)C[C@@H](C)c3ccccc3)CC2)C=N/C1=C(\c1ccc(CNCCCNC(=O)CCOCCOCCOCCOCCC(=O)NCCn2ccc(-c3cc(Cl)c(Cl)c4[nH]c5c(c34)CN(C(=O)CO)CC5)n2)cc1)N(C)N. The molecular weight excluding hydrogens is 1170 g/mol. The van der Waals surface area contributed by atoms with Gasteiger partial charge in [0, 0.05) is 113 Å². The summed E-state index contributed by atoms with van der Waals surface area (Å²) in [7, 11) is 1.71. The van der Waals surface area contributed by atoms with Crippen LogP contribution in [0.3, 0.4) is 0 Å². The number of hydrogen-bond acceptors (Lipinski definition) is 16. The molecule has 2 aromatic heterocycles. The summed E-state index contributed by atoms with van der Waals surface area (Å²) in [5, 5.41) is 38.0. The Bertz CT molecular complexity index is 3200. The lowest BCUT2D eigenvalue weighted by atomic mass is 9.89. The fourth-order valence-electron chi connectivity index (χ4n) is 11.0. The fourth-order valence-corrected chi connectivity index (χ4v) is 11.4. The standard InChI is InChI=1S/C63H84Cl2N12O11/c1-43(46-8-5-4-6-9-46)36-55(81)74-25-18-63(84,19-26-74)41-76-42-70-59(44(2)62(76)83)61(73(3)66)47-12-10-45(11-13-47)38-67-20-7-21-68-53(79)16-28-85-30-32-87-34-35-88-33-31-86-29-17-54(80)69-22-27-77-24-15-52(72-77)48-37-50(64)58(65)60-57(48)49-39-75(56(82)40-78)23-14-51(49)71-60/h4-6,8-13,15,24,37,42-44,67,71,78,84H,7,14,16-23,25-36,38-41,66H2,1-3H3,(H,68,79)(H,69,80)/b61-59+/t43-,44?/m1/s1. The molecule has 0 spiro atoms. The van der Waals surface area contributed by atoms with Crippen LogP contribution in [0.5, 0.6) is 0 Å². The van der Waals surface area contributed by atoms with Crippen molar-refractivity contribution >= 4 is 75.7 Å². The number of carbonyl (C=O) groups excluding carboxylic acids is 5. The third-order valence-corrected chi connectivity index (χ3v) is 16.8. The summed E-state index contributed by atoms with van der Waals surface area (Å²) in [6, 6.07) is 21.5. The van der Waals surface area contributed by atoms with Crippen LogP contribution in [0.1, 0.15) is 86.2 Å². The fraction of sp³-hybridized carbons (Fsp3) is 0.508. The molecule has 5 heterocycles. The number of carbonyl (C=O) groups is 5. The summed E-state index contributed by atoms with van der Waals surface area (Å²) in [5.41, 5.74) is 6.98. The number of ether oxygens (including phenoxy) is 4.